The first-order chi connectivity index (χ1) is 14.8. The predicted octanol–water partition coefficient (Wildman–Crippen LogP) is 2.78. The number of ether oxygens (including phenoxy) is 2. The molecule has 9 atom stereocenters. The Bertz CT molecular complexity index is 1000. The minimum Gasteiger partial charge on any atom is -0.458 e. The second kappa shape index (κ2) is 6.35. The number of hydrogen-bond acceptors (Lipinski definition) is 6. The van der Waals surface area contributed by atoms with E-state index in [1.54, 1.807) is 19.9 Å². The number of esters is 1. The molecule has 1 aliphatic heterocycles. The highest BCUT2D eigenvalue weighted by molar-refractivity contribution is 6.04. The number of aliphatic hydroxyl groups is 1. The van der Waals surface area contributed by atoms with Gasteiger partial charge in [-0.1, -0.05) is 19.9 Å². The molecule has 4 aliphatic carbocycles. The van der Waals surface area contributed by atoms with Crippen LogP contribution < -0.4 is 0 Å². The van der Waals surface area contributed by atoms with Gasteiger partial charge in [-0.15, -0.1) is 0 Å². The molecule has 0 radical (unpaired) electrons. The molecule has 1 spiro atoms. The fraction of sp³-hybridized carbons (Fsp3) is 0.708. The van der Waals surface area contributed by atoms with Crippen molar-refractivity contribution >= 4 is 17.5 Å². The number of ketones is 2. The van der Waals surface area contributed by atoms with E-state index in [0.717, 1.165) is 6.08 Å². The minimum absolute atomic E-state index is 0.0306. The summed E-state index contributed by atoms with van der Waals surface area (Å²) < 4.78 is 41.4. The van der Waals surface area contributed by atoms with Gasteiger partial charge >= 0.3 is 5.97 Å². The third-order valence-electron chi connectivity index (χ3n) is 9.41. The van der Waals surface area contributed by atoms with Crippen molar-refractivity contribution in [1.82, 2.24) is 0 Å². The fourth-order valence-electron chi connectivity index (χ4n) is 7.94. The van der Waals surface area contributed by atoms with E-state index in [9.17, 15) is 23.9 Å². The van der Waals surface area contributed by atoms with Crippen molar-refractivity contribution in [2.75, 3.05) is 6.61 Å². The molecule has 3 saturated carbocycles. The smallest absolute Gasteiger partial charge is 0.303 e. The summed E-state index contributed by atoms with van der Waals surface area (Å²) in [5, 5.41) is 11.7. The van der Waals surface area contributed by atoms with Crippen molar-refractivity contribution in [3.63, 3.8) is 0 Å². The number of carbonyl (C=O) groups excluding carboxylic acids is 3. The summed E-state index contributed by atoms with van der Waals surface area (Å²) in [6, 6.07) is 0. The average Bonchev–Trinajstić information content (AvgIpc) is 3.40. The molecule has 1 heterocycles. The van der Waals surface area contributed by atoms with Crippen molar-refractivity contribution in [1.29, 1.82) is 0 Å². The van der Waals surface area contributed by atoms with Crippen molar-refractivity contribution in [2.45, 2.75) is 70.4 Å². The Balaban J connectivity index is 1.56. The number of carbonyl (C=O) groups is 3. The molecular weight excluding hydrogens is 422 g/mol. The van der Waals surface area contributed by atoms with E-state index < -0.39 is 70.2 Å². The predicted molar refractivity (Wildman–Crippen MR) is 108 cm³/mol. The lowest BCUT2D eigenvalue weighted by molar-refractivity contribution is -0.171. The molecule has 5 aliphatic rings. The molecule has 1 saturated heterocycles. The number of halogens is 2. The monoisotopic (exact) mass is 450 g/mol. The Hall–Kier alpha value is -1.93. The zero-order chi connectivity index (χ0) is 23.4. The standard InChI is InChI=1S/C24H28F2O6/c1-11-7-13-14-8-15(25)19-20(26)16(28)5-6-21(19,3)24(14)18(32-24)9-22(13,4)23(11,30)17(29)10-31-12(2)27/h5-6,11,13-15,18,30H,7-10H2,1-4H3/t11-,13-,14-,15-,18?,21-,22-,23-,24?/m0/s1. The minimum atomic E-state index is -1.75. The van der Waals surface area contributed by atoms with Gasteiger partial charge in [0.05, 0.1) is 6.10 Å². The SMILES string of the molecule is CC(=O)OCC(=O)[C@@]1(O)[C@@H](C)C[C@H]2[C@@H]3C[C@H](F)C4=C(F)C(=O)C=C[C@]4(C)C34OC4C[C@@]21C. The van der Waals surface area contributed by atoms with Gasteiger partial charge in [-0.05, 0) is 50.0 Å². The summed E-state index contributed by atoms with van der Waals surface area (Å²) in [5.74, 6) is -4.08. The van der Waals surface area contributed by atoms with Crippen molar-refractivity contribution in [3.8, 4) is 0 Å². The first kappa shape index (κ1) is 21.9. The summed E-state index contributed by atoms with van der Waals surface area (Å²) in [6.45, 7) is 6.02. The molecule has 0 bridgehead atoms. The highest BCUT2D eigenvalue weighted by atomic mass is 19.1. The second-order valence-corrected chi connectivity index (χ2v) is 10.7. The van der Waals surface area contributed by atoms with Crippen LogP contribution in [0.2, 0.25) is 0 Å². The third-order valence-corrected chi connectivity index (χ3v) is 9.41. The van der Waals surface area contributed by atoms with Crippen LogP contribution in [0.25, 0.3) is 0 Å². The van der Waals surface area contributed by atoms with Crippen molar-refractivity contribution < 1.29 is 37.7 Å². The van der Waals surface area contributed by atoms with Crippen molar-refractivity contribution in [3.05, 3.63) is 23.6 Å². The van der Waals surface area contributed by atoms with Crippen LogP contribution in [-0.4, -0.2) is 52.7 Å². The van der Waals surface area contributed by atoms with Gasteiger partial charge < -0.3 is 14.6 Å². The van der Waals surface area contributed by atoms with Crippen LogP contribution in [0.15, 0.2) is 23.6 Å². The zero-order valence-electron chi connectivity index (χ0n) is 18.6. The number of alkyl halides is 1. The first-order valence-corrected chi connectivity index (χ1v) is 11.2. The van der Waals surface area contributed by atoms with Gasteiger partial charge in [0.1, 0.15) is 17.4 Å². The Kier molecular flexibility index (Phi) is 4.34. The van der Waals surface area contributed by atoms with Crippen LogP contribution in [0.1, 0.15) is 47.0 Å². The van der Waals surface area contributed by atoms with E-state index in [2.05, 4.69) is 0 Å². The molecule has 2 unspecified atom stereocenters. The van der Waals surface area contributed by atoms with Gasteiger partial charge in [0.2, 0.25) is 11.6 Å². The topological polar surface area (TPSA) is 93.2 Å². The highest BCUT2D eigenvalue weighted by Crippen LogP contribution is 2.76. The van der Waals surface area contributed by atoms with E-state index in [4.69, 9.17) is 9.47 Å². The number of allylic oxidation sites excluding steroid dienone is 2. The van der Waals surface area contributed by atoms with E-state index in [0.29, 0.717) is 12.8 Å². The van der Waals surface area contributed by atoms with Crippen molar-refractivity contribution in [2.24, 2.45) is 28.6 Å². The molecule has 0 aromatic heterocycles. The van der Waals surface area contributed by atoms with Gasteiger partial charge in [0.15, 0.2) is 12.4 Å². The van der Waals surface area contributed by atoms with Gasteiger partial charge in [0, 0.05) is 23.3 Å². The quantitative estimate of drug-likeness (QED) is 0.525. The second-order valence-electron chi connectivity index (χ2n) is 10.7. The molecule has 6 nitrogen and oxygen atoms in total. The summed E-state index contributed by atoms with van der Waals surface area (Å²) in [7, 11) is 0. The van der Waals surface area contributed by atoms with Gasteiger partial charge in [-0.3, -0.25) is 14.4 Å². The number of Topliss-reactive ketones (excluding diaryl/α,β-unsaturated/α-hetero) is 1. The first-order valence-electron chi connectivity index (χ1n) is 11.2. The van der Waals surface area contributed by atoms with Gasteiger partial charge in [-0.2, -0.15) is 0 Å². The third kappa shape index (κ3) is 2.28. The van der Waals surface area contributed by atoms with Crippen LogP contribution in [0.3, 0.4) is 0 Å². The van der Waals surface area contributed by atoms with Crippen LogP contribution in [0, 0.1) is 28.6 Å². The average molecular weight is 450 g/mol. The maximum atomic E-state index is 15.5. The van der Waals surface area contributed by atoms with E-state index in [1.165, 1.54) is 6.92 Å². The molecule has 0 aromatic rings. The van der Waals surface area contributed by atoms with Crippen LogP contribution in [0.5, 0.6) is 0 Å². The molecule has 0 aromatic carbocycles. The fourth-order valence-corrected chi connectivity index (χ4v) is 7.94. The summed E-state index contributed by atoms with van der Waals surface area (Å²) in [5.41, 5.74) is -4.78. The largest absolute Gasteiger partial charge is 0.458 e. The van der Waals surface area contributed by atoms with E-state index >= 15 is 4.39 Å². The molecular formula is C24H28F2O6. The summed E-state index contributed by atoms with van der Waals surface area (Å²) >= 11 is 0. The van der Waals surface area contributed by atoms with Gasteiger partial charge in [-0.25, -0.2) is 8.78 Å². The molecule has 174 valence electrons. The molecule has 1 N–H and O–H groups in total. The lowest BCUT2D eigenvalue weighted by Gasteiger charge is -2.56. The summed E-state index contributed by atoms with van der Waals surface area (Å²) in [6.07, 6.45) is 1.44. The Labute approximate surface area is 185 Å². The summed E-state index contributed by atoms with van der Waals surface area (Å²) in [4.78, 5) is 36.3. The number of fused-ring (bicyclic) bond motifs is 3. The molecule has 32 heavy (non-hydrogen) atoms. The molecule has 4 fully saturated rings. The van der Waals surface area contributed by atoms with E-state index in [-0.39, 0.29) is 23.8 Å². The lowest BCUT2D eigenvalue weighted by atomic mass is 9.46. The molecule has 5 rings (SSSR count). The lowest BCUT2D eigenvalue weighted by Crippen LogP contribution is -2.63. The Morgan fingerprint density at radius 3 is 2.62 bits per heavy atom. The maximum absolute atomic E-state index is 15.5. The number of hydrogen-bond donors (Lipinski definition) is 1. The van der Waals surface area contributed by atoms with Crippen LogP contribution in [-0.2, 0) is 23.9 Å². The Morgan fingerprint density at radius 1 is 1.28 bits per heavy atom. The maximum Gasteiger partial charge on any atom is 0.303 e. The normalized spacial score (nSPS) is 50.8. The van der Waals surface area contributed by atoms with Gasteiger partial charge in [0.25, 0.3) is 0 Å². The Morgan fingerprint density at radius 2 is 1.97 bits per heavy atom. The van der Waals surface area contributed by atoms with Crippen LogP contribution in [0.4, 0.5) is 8.78 Å². The molecule has 0 amide bonds. The number of epoxide rings is 1. The molecule has 8 heteroatoms. The van der Waals surface area contributed by atoms with Crippen LogP contribution >= 0.6 is 0 Å². The number of rotatable bonds is 3. The highest BCUT2D eigenvalue weighted by Gasteiger charge is 2.83. The zero-order valence-corrected chi connectivity index (χ0v) is 18.6. The van der Waals surface area contributed by atoms with E-state index in [1.807, 2.05) is 6.92 Å².